The SMILES string of the molecule is CN(CC(=O)NCCOc1ccc(S(=O)(=O)N2CCCCC2)cc1)S(=O)(=O)c1ccc(Cl)cc1. The van der Waals surface area contributed by atoms with Gasteiger partial charge in [0.15, 0.2) is 0 Å². The highest BCUT2D eigenvalue weighted by molar-refractivity contribution is 7.89. The second-order valence-corrected chi connectivity index (χ2v) is 12.3. The van der Waals surface area contributed by atoms with Crippen LogP contribution in [-0.4, -0.2) is 71.2 Å². The number of likely N-dealkylation sites (N-methyl/N-ethyl adjacent to an activating group) is 1. The van der Waals surface area contributed by atoms with E-state index >= 15 is 0 Å². The fourth-order valence-corrected chi connectivity index (χ4v) is 6.22. The third-order valence-corrected chi connectivity index (χ3v) is 9.34. The first-order valence-electron chi connectivity index (χ1n) is 10.8. The molecule has 1 aliphatic heterocycles. The molecule has 0 aromatic heterocycles. The summed E-state index contributed by atoms with van der Waals surface area (Å²) in [5, 5.41) is 3.02. The number of rotatable bonds is 10. The van der Waals surface area contributed by atoms with Gasteiger partial charge in [-0.25, -0.2) is 16.8 Å². The van der Waals surface area contributed by atoms with Gasteiger partial charge in [0.2, 0.25) is 26.0 Å². The van der Waals surface area contributed by atoms with Gasteiger partial charge >= 0.3 is 0 Å². The van der Waals surface area contributed by atoms with Gasteiger partial charge in [0.25, 0.3) is 0 Å². The molecule has 0 atom stereocenters. The molecule has 1 heterocycles. The van der Waals surface area contributed by atoms with E-state index in [4.69, 9.17) is 16.3 Å². The largest absolute Gasteiger partial charge is 0.492 e. The number of carbonyl (C=O) groups is 1. The molecule has 0 spiro atoms. The highest BCUT2D eigenvalue weighted by Crippen LogP contribution is 2.22. The first-order chi connectivity index (χ1) is 16.1. The van der Waals surface area contributed by atoms with Crippen molar-refractivity contribution in [3.8, 4) is 5.75 Å². The highest BCUT2D eigenvalue weighted by atomic mass is 35.5. The molecular formula is C22H28ClN3O6S2. The Bertz CT molecular complexity index is 1180. The number of nitrogens with one attached hydrogen (secondary N) is 1. The van der Waals surface area contributed by atoms with Crippen molar-refractivity contribution in [2.75, 3.05) is 39.8 Å². The molecule has 0 aliphatic carbocycles. The van der Waals surface area contributed by atoms with Gasteiger partial charge in [-0.3, -0.25) is 4.79 Å². The van der Waals surface area contributed by atoms with E-state index in [1.165, 1.54) is 47.8 Å². The molecule has 1 N–H and O–H groups in total. The van der Waals surface area contributed by atoms with Crippen molar-refractivity contribution < 1.29 is 26.4 Å². The summed E-state index contributed by atoms with van der Waals surface area (Å²) >= 11 is 5.79. The lowest BCUT2D eigenvalue weighted by molar-refractivity contribution is -0.121. The smallest absolute Gasteiger partial charge is 0.243 e. The number of carbonyl (C=O) groups excluding carboxylic acids is 1. The minimum Gasteiger partial charge on any atom is -0.492 e. The van der Waals surface area contributed by atoms with E-state index in [1.54, 1.807) is 12.1 Å². The average molecular weight is 530 g/mol. The van der Waals surface area contributed by atoms with Crippen LogP contribution < -0.4 is 10.1 Å². The van der Waals surface area contributed by atoms with Crippen molar-refractivity contribution in [1.29, 1.82) is 0 Å². The third kappa shape index (κ3) is 6.70. The van der Waals surface area contributed by atoms with E-state index in [1.807, 2.05) is 0 Å². The lowest BCUT2D eigenvalue weighted by atomic mass is 10.2. The van der Waals surface area contributed by atoms with Gasteiger partial charge < -0.3 is 10.1 Å². The van der Waals surface area contributed by atoms with E-state index in [9.17, 15) is 21.6 Å². The minimum absolute atomic E-state index is 0.0429. The molecule has 0 saturated carbocycles. The molecule has 1 aliphatic rings. The topological polar surface area (TPSA) is 113 Å². The van der Waals surface area contributed by atoms with Gasteiger partial charge in [-0.2, -0.15) is 8.61 Å². The van der Waals surface area contributed by atoms with E-state index in [2.05, 4.69) is 5.32 Å². The third-order valence-electron chi connectivity index (χ3n) is 5.36. The summed E-state index contributed by atoms with van der Waals surface area (Å²) in [5.41, 5.74) is 0. The standard InChI is InChI=1S/C22H28ClN3O6S2/c1-25(33(28,29)20-9-5-18(23)6-10-20)17-22(27)24-13-16-32-19-7-11-21(12-8-19)34(30,31)26-14-3-2-4-15-26/h5-12H,2-4,13-17H2,1H3,(H,24,27). The minimum atomic E-state index is -3.82. The van der Waals surface area contributed by atoms with Crippen LogP contribution in [-0.2, 0) is 24.8 Å². The molecule has 0 radical (unpaired) electrons. The van der Waals surface area contributed by atoms with E-state index in [0.29, 0.717) is 23.9 Å². The average Bonchev–Trinajstić information content (AvgIpc) is 2.83. The maximum atomic E-state index is 12.7. The number of sulfonamides is 2. The molecule has 2 aromatic carbocycles. The van der Waals surface area contributed by atoms with E-state index in [0.717, 1.165) is 23.6 Å². The number of amides is 1. The number of ether oxygens (including phenoxy) is 1. The maximum absolute atomic E-state index is 12.7. The van der Waals surface area contributed by atoms with Crippen LogP contribution in [0.25, 0.3) is 0 Å². The van der Waals surface area contributed by atoms with Crippen molar-refractivity contribution in [2.24, 2.45) is 0 Å². The maximum Gasteiger partial charge on any atom is 0.243 e. The molecule has 0 bridgehead atoms. The molecule has 1 fully saturated rings. The van der Waals surface area contributed by atoms with Crippen LogP contribution in [0.1, 0.15) is 19.3 Å². The Morgan fingerprint density at radius 2 is 1.56 bits per heavy atom. The molecule has 9 nitrogen and oxygen atoms in total. The molecule has 1 amide bonds. The monoisotopic (exact) mass is 529 g/mol. The normalized spacial score (nSPS) is 15.3. The summed E-state index contributed by atoms with van der Waals surface area (Å²) < 4.78 is 58.4. The van der Waals surface area contributed by atoms with Gasteiger partial charge in [0.1, 0.15) is 12.4 Å². The zero-order valence-corrected chi connectivity index (χ0v) is 21.2. The summed E-state index contributed by atoms with van der Waals surface area (Å²) in [6.45, 7) is 1.01. The quantitative estimate of drug-likeness (QED) is 0.473. The summed E-state index contributed by atoms with van der Waals surface area (Å²) in [6.07, 6.45) is 2.79. The predicted molar refractivity (Wildman–Crippen MR) is 129 cm³/mol. The van der Waals surface area contributed by atoms with Crippen molar-refractivity contribution in [2.45, 2.75) is 29.1 Å². The number of benzene rings is 2. The Balaban J connectivity index is 1.44. The summed E-state index contributed by atoms with van der Waals surface area (Å²) in [6, 6.07) is 11.9. The lowest BCUT2D eigenvalue weighted by Crippen LogP contribution is -2.39. The number of nitrogens with zero attached hydrogens (tertiary/aromatic N) is 2. The number of halogens is 1. The number of hydrogen-bond donors (Lipinski definition) is 1. The first kappa shape index (κ1) is 26.4. The van der Waals surface area contributed by atoms with Crippen molar-refractivity contribution in [1.82, 2.24) is 13.9 Å². The van der Waals surface area contributed by atoms with E-state index < -0.39 is 26.0 Å². The second kappa shape index (κ2) is 11.5. The van der Waals surface area contributed by atoms with Gasteiger partial charge in [0.05, 0.1) is 22.9 Å². The van der Waals surface area contributed by atoms with Gasteiger partial charge in [-0.15, -0.1) is 0 Å². The lowest BCUT2D eigenvalue weighted by Gasteiger charge is -2.25. The summed E-state index contributed by atoms with van der Waals surface area (Å²) in [5.74, 6) is -0.0131. The van der Waals surface area contributed by atoms with Crippen LogP contribution in [0.3, 0.4) is 0 Å². The van der Waals surface area contributed by atoms with Crippen LogP contribution in [0, 0.1) is 0 Å². The first-order valence-corrected chi connectivity index (χ1v) is 14.1. The molecule has 1 saturated heterocycles. The van der Waals surface area contributed by atoms with Crippen LogP contribution in [0.4, 0.5) is 0 Å². The van der Waals surface area contributed by atoms with Crippen LogP contribution in [0.15, 0.2) is 58.3 Å². The van der Waals surface area contributed by atoms with Crippen LogP contribution in [0.2, 0.25) is 5.02 Å². The molecule has 0 unspecified atom stereocenters. The van der Waals surface area contributed by atoms with Crippen molar-refractivity contribution in [3.05, 3.63) is 53.6 Å². The Morgan fingerprint density at radius 3 is 2.18 bits per heavy atom. The van der Waals surface area contributed by atoms with Gasteiger partial charge in [0, 0.05) is 25.2 Å². The fraction of sp³-hybridized carbons (Fsp3) is 0.409. The molecular weight excluding hydrogens is 502 g/mol. The van der Waals surface area contributed by atoms with Gasteiger partial charge in [-0.05, 0) is 61.4 Å². The highest BCUT2D eigenvalue weighted by Gasteiger charge is 2.26. The zero-order valence-electron chi connectivity index (χ0n) is 18.8. The van der Waals surface area contributed by atoms with Crippen molar-refractivity contribution >= 4 is 37.6 Å². The number of hydrogen-bond acceptors (Lipinski definition) is 6. The predicted octanol–water partition coefficient (Wildman–Crippen LogP) is 2.33. The van der Waals surface area contributed by atoms with Gasteiger partial charge in [-0.1, -0.05) is 18.0 Å². The number of piperidine rings is 1. The fourth-order valence-electron chi connectivity index (χ4n) is 3.45. The summed E-state index contributed by atoms with van der Waals surface area (Å²) in [4.78, 5) is 12.4. The van der Waals surface area contributed by atoms with Crippen LogP contribution >= 0.6 is 11.6 Å². The molecule has 34 heavy (non-hydrogen) atoms. The summed E-state index contributed by atoms with van der Waals surface area (Å²) in [7, 11) is -6.00. The molecule has 186 valence electrons. The second-order valence-electron chi connectivity index (χ2n) is 7.85. The van der Waals surface area contributed by atoms with Crippen molar-refractivity contribution in [3.63, 3.8) is 0 Å². The molecule has 3 rings (SSSR count). The Labute approximate surface area is 205 Å². The Kier molecular flexibility index (Phi) is 8.94. The Hall–Kier alpha value is -2.18. The molecule has 2 aromatic rings. The van der Waals surface area contributed by atoms with E-state index in [-0.39, 0.29) is 29.5 Å². The Morgan fingerprint density at radius 1 is 0.971 bits per heavy atom. The van der Waals surface area contributed by atoms with Crippen LogP contribution in [0.5, 0.6) is 5.75 Å². The zero-order chi connectivity index (χ0) is 24.8. The molecule has 12 heteroatoms.